The zero-order chi connectivity index (χ0) is 12.8. The van der Waals surface area contributed by atoms with Crippen LogP contribution in [-0.2, 0) is 6.54 Å². The Kier molecular flexibility index (Phi) is 4.11. The lowest BCUT2D eigenvalue weighted by Crippen LogP contribution is -2.19. The second kappa shape index (κ2) is 5.99. The zero-order valence-corrected chi connectivity index (χ0v) is 10.4. The molecule has 2 rings (SSSR count). The fourth-order valence-corrected chi connectivity index (χ4v) is 1.68. The van der Waals surface area contributed by atoms with Gasteiger partial charge in [-0.3, -0.25) is 0 Å². The van der Waals surface area contributed by atoms with Crippen LogP contribution in [0.2, 0.25) is 0 Å². The zero-order valence-electron chi connectivity index (χ0n) is 10.4. The molecule has 0 fully saturated rings. The van der Waals surface area contributed by atoms with Gasteiger partial charge in [-0.25, -0.2) is 4.98 Å². The van der Waals surface area contributed by atoms with Crippen molar-refractivity contribution >= 4 is 0 Å². The molecule has 0 aliphatic carbocycles. The van der Waals surface area contributed by atoms with Gasteiger partial charge in [-0.2, -0.15) is 5.26 Å². The Morgan fingerprint density at radius 2 is 2.17 bits per heavy atom. The number of imidazole rings is 1. The number of nitriles is 1. The van der Waals surface area contributed by atoms with Crippen LogP contribution < -0.4 is 5.32 Å². The third-order valence-corrected chi connectivity index (χ3v) is 2.74. The molecule has 0 amide bonds. The number of aromatic nitrogens is 2. The second-order valence-electron chi connectivity index (χ2n) is 4.30. The molecule has 18 heavy (non-hydrogen) atoms. The lowest BCUT2D eigenvalue weighted by Gasteiger charge is -2.07. The van der Waals surface area contributed by atoms with E-state index < -0.39 is 0 Å². The number of nitrogens with zero attached hydrogens (tertiary/aromatic N) is 3. The Morgan fingerprint density at radius 1 is 1.39 bits per heavy atom. The third kappa shape index (κ3) is 3.19. The predicted molar refractivity (Wildman–Crippen MR) is 70.0 cm³/mol. The number of benzene rings is 1. The average molecular weight is 240 g/mol. The van der Waals surface area contributed by atoms with Crippen molar-refractivity contribution in [2.24, 2.45) is 5.92 Å². The van der Waals surface area contributed by atoms with Crippen molar-refractivity contribution in [3.63, 3.8) is 0 Å². The van der Waals surface area contributed by atoms with E-state index in [1.807, 2.05) is 17.7 Å². The fourth-order valence-electron chi connectivity index (χ4n) is 1.68. The van der Waals surface area contributed by atoms with Crippen LogP contribution in [0, 0.1) is 17.2 Å². The summed E-state index contributed by atoms with van der Waals surface area (Å²) in [4.78, 5) is 4.02. The summed E-state index contributed by atoms with van der Waals surface area (Å²) in [6.07, 6.45) is 5.46. The maximum atomic E-state index is 8.68. The molecule has 0 saturated heterocycles. The van der Waals surface area contributed by atoms with E-state index in [-0.39, 0.29) is 5.92 Å². The molecule has 1 aromatic carbocycles. The first kappa shape index (κ1) is 12.3. The van der Waals surface area contributed by atoms with Crippen LogP contribution >= 0.6 is 0 Å². The molecule has 0 aliphatic rings. The van der Waals surface area contributed by atoms with E-state index in [2.05, 4.69) is 40.6 Å². The van der Waals surface area contributed by atoms with Crippen LogP contribution in [0.1, 0.15) is 12.5 Å². The lowest BCUT2D eigenvalue weighted by molar-refractivity contribution is 0.601. The van der Waals surface area contributed by atoms with E-state index in [0.29, 0.717) is 0 Å². The van der Waals surface area contributed by atoms with Crippen molar-refractivity contribution in [2.75, 3.05) is 6.54 Å². The van der Waals surface area contributed by atoms with E-state index in [1.165, 1.54) is 5.56 Å². The first-order valence-corrected chi connectivity index (χ1v) is 5.97. The van der Waals surface area contributed by atoms with Gasteiger partial charge in [-0.15, -0.1) is 0 Å². The molecule has 1 heterocycles. The van der Waals surface area contributed by atoms with Gasteiger partial charge in [0, 0.05) is 31.2 Å². The monoisotopic (exact) mass is 240 g/mol. The molecule has 1 atom stereocenters. The summed E-state index contributed by atoms with van der Waals surface area (Å²) in [5.74, 6) is 0.0511. The van der Waals surface area contributed by atoms with Gasteiger partial charge in [0.15, 0.2) is 0 Å². The van der Waals surface area contributed by atoms with E-state index in [0.717, 1.165) is 18.8 Å². The Balaban J connectivity index is 1.91. The van der Waals surface area contributed by atoms with Crippen LogP contribution in [0.5, 0.6) is 0 Å². The van der Waals surface area contributed by atoms with E-state index >= 15 is 0 Å². The molecule has 1 N–H and O–H groups in total. The highest BCUT2D eigenvalue weighted by molar-refractivity contribution is 5.34. The van der Waals surface area contributed by atoms with Crippen molar-refractivity contribution in [1.29, 1.82) is 5.26 Å². The minimum atomic E-state index is 0.0511. The van der Waals surface area contributed by atoms with Crippen molar-refractivity contribution in [3.05, 3.63) is 48.5 Å². The van der Waals surface area contributed by atoms with Crippen LogP contribution in [0.3, 0.4) is 0 Å². The molecule has 0 spiro atoms. The highest BCUT2D eigenvalue weighted by atomic mass is 15.0. The van der Waals surface area contributed by atoms with E-state index in [1.54, 1.807) is 12.5 Å². The van der Waals surface area contributed by atoms with Gasteiger partial charge in [0.25, 0.3) is 0 Å². The van der Waals surface area contributed by atoms with Gasteiger partial charge in [0.2, 0.25) is 0 Å². The molecule has 1 aromatic heterocycles. The Labute approximate surface area is 107 Å². The molecule has 0 radical (unpaired) electrons. The summed E-state index contributed by atoms with van der Waals surface area (Å²) in [7, 11) is 0. The third-order valence-electron chi connectivity index (χ3n) is 2.74. The molecule has 0 saturated carbocycles. The topological polar surface area (TPSA) is 53.6 Å². The first-order valence-electron chi connectivity index (χ1n) is 5.97. The highest BCUT2D eigenvalue weighted by Crippen LogP contribution is 2.09. The van der Waals surface area contributed by atoms with Gasteiger partial charge in [0.05, 0.1) is 18.3 Å². The highest BCUT2D eigenvalue weighted by Gasteiger charge is 1.99. The van der Waals surface area contributed by atoms with Crippen molar-refractivity contribution in [1.82, 2.24) is 14.9 Å². The molecular formula is C14H16N4. The van der Waals surface area contributed by atoms with Gasteiger partial charge >= 0.3 is 0 Å². The summed E-state index contributed by atoms with van der Waals surface area (Å²) >= 11 is 0. The van der Waals surface area contributed by atoms with Crippen LogP contribution in [-0.4, -0.2) is 16.1 Å². The standard InChI is InChI=1S/C14H16N4/c1-12(8-15)9-17-10-13-2-4-14(5-3-13)18-7-6-16-11-18/h2-7,11-12,17H,9-10H2,1H3. The van der Waals surface area contributed by atoms with Crippen LogP contribution in [0.15, 0.2) is 43.0 Å². The molecule has 4 heteroatoms. The smallest absolute Gasteiger partial charge is 0.0991 e. The average Bonchev–Trinajstić information content (AvgIpc) is 2.93. The molecule has 0 aliphatic heterocycles. The van der Waals surface area contributed by atoms with Crippen molar-refractivity contribution < 1.29 is 0 Å². The number of nitrogens with one attached hydrogen (secondary N) is 1. The molecule has 2 aromatic rings. The summed E-state index contributed by atoms with van der Waals surface area (Å²) in [6.45, 7) is 3.42. The number of rotatable bonds is 5. The molecular weight excluding hydrogens is 224 g/mol. The summed E-state index contributed by atoms with van der Waals surface area (Å²) in [5.41, 5.74) is 2.31. The van der Waals surface area contributed by atoms with Crippen LogP contribution in [0.4, 0.5) is 0 Å². The maximum Gasteiger partial charge on any atom is 0.0991 e. The van der Waals surface area contributed by atoms with Gasteiger partial charge in [-0.05, 0) is 24.6 Å². The predicted octanol–water partition coefficient (Wildman–Crippen LogP) is 2.12. The summed E-state index contributed by atoms with van der Waals surface area (Å²) < 4.78 is 1.97. The molecule has 4 nitrogen and oxygen atoms in total. The minimum Gasteiger partial charge on any atom is -0.311 e. The summed E-state index contributed by atoms with van der Waals surface area (Å²) in [5, 5.41) is 11.9. The lowest BCUT2D eigenvalue weighted by atomic mass is 10.2. The largest absolute Gasteiger partial charge is 0.311 e. The van der Waals surface area contributed by atoms with E-state index in [4.69, 9.17) is 5.26 Å². The second-order valence-corrected chi connectivity index (χ2v) is 4.30. The van der Waals surface area contributed by atoms with Crippen LogP contribution in [0.25, 0.3) is 5.69 Å². The molecule has 1 unspecified atom stereocenters. The molecule has 0 bridgehead atoms. The molecule has 92 valence electrons. The quantitative estimate of drug-likeness (QED) is 0.871. The Bertz CT molecular complexity index is 508. The van der Waals surface area contributed by atoms with Crippen molar-refractivity contribution in [3.8, 4) is 11.8 Å². The summed E-state index contributed by atoms with van der Waals surface area (Å²) in [6, 6.07) is 10.5. The number of hydrogen-bond donors (Lipinski definition) is 1. The van der Waals surface area contributed by atoms with Crippen molar-refractivity contribution in [2.45, 2.75) is 13.5 Å². The normalized spacial score (nSPS) is 12.0. The first-order chi connectivity index (χ1) is 8.79. The van der Waals surface area contributed by atoms with Gasteiger partial charge < -0.3 is 9.88 Å². The van der Waals surface area contributed by atoms with E-state index in [9.17, 15) is 0 Å². The minimum absolute atomic E-state index is 0.0511. The van der Waals surface area contributed by atoms with Gasteiger partial charge in [-0.1, -0.05) is 12.1 Å². The maximum absolute atomic E-state index is 8.68. The Hall–Kier alpha value is -2.12. The fraction of sp³-hybridized carbons (Fsp3) is 0.286. The number of hydrogen-bond acceptors (Lipinski definition) is 3. The van der Waals surface area contributed by atoms with Gasteiger partial charge in [0.1, 0.15) is 0 Å². The Morgan fingerprint density at radius 3 is 2.78 bits per heavy atom. The SMILES string of the molecule is CC(C#N)CNCc1ccc(-n2ccnc2)cc1.